The summed E-state index contributed by atoms with van der Waals surface area (Å²) in [5.74, 6) is 0.140. The molecule has 2 N–H and O–H groups in total. The van der Waals surface area contributed by atoms with E-state index >= 15 is 0 Å². The van der Waals surface area contributed by atoms with Gasteiger partial charge in [-0.2, -0.15) is 5.48 Å². The molecule has 1 aromatic rings. The Labute approximate surface area is 117 Å². The number of halogens is 1. The molecule has 0 saturated heterocycles. The largest absolute Gasteiger partial charge is 0.484 e. The van der Waals surface area contributed by atoms with Crippen LogP contribution in [0.3, 0.4) is 0 Å². The van der Waals surface area contributed by atoms with Gasteiger partial charge in [0, 0.05) is 39.2 Å². The Hall–Kier alpha value is -1.21. The first-order valence-electron chi connectivity index (χ1n) is 6.55. The maximum Gasteiger partial charge on any atom is 0.204 e. The predicted molar refractivity (Wildman–Crippen MR) is 70.2 cm³/mol. The van der Waals surface area contributed by atoms with Gasteiger partial charge in [-0.15, -0.1) is 0 Å². The monoisotopic (exact) mass is 286 g/mol. The number of rotatable bonds is 6. The number of benzene rings is 1. The molecule has 0 bridgehead atoms. The van der Waals surface area contributed by atoms with Crippen LogP contribution in [0, 0.1) is 5.82 Å². The first-order valence-corrected chi connectivity index (χ1v) is 6.55. The second-order valence-corrected chi connectivity index (χ2v) is 4.80. The van der Waals surface area contributed by atoms with Crippen LogP contribution in [0.25, 0.3) is 0 Å². The van der Waals surface area contributed by atoms with Gasteiger partial charge < -0.3 is 14.2 Å². The summed E-state index contributed by atoms with van der Waals surface area (Å²) in [4.78, 5) is 4.98. The maximum atomic E-state index is 13.4. The van der Waals surface area contributed by atoms with Crippen molar-refractivity contribution in [3.63, 3.8) is 0 Å². The third kappa shape index (κ3) is 3.46. The van der Waals surface area contributed by atoms with E-state index in [-0.39, 0.29) is 24.1 Å². The second-order valence-electron chi connectivity index (χ2n) is 4.80. The van der Waals surface area contributed by atoms with Crippen molar-refractivity contribution in [2.45, 2.75) is 31.2 Å². The second kappa shape index (κ2) is 6.99. The van der Waals surface area contributed by atoms with Gasteiger partial charge in [0.25, 0.3) is 0 Å². The Morgan fingerprint density at radius 3 is 2.30 bits per heavy atom. The van der Waals surface area contributed by atoms with Gasteiger partial charge in [-0.25, -0.2) is 9.23 Å². The summed E-state index contributed by atoms with van der Waals surface area (Å²) in [6.45, 7) is 0. The molecule has 0 aliphatic heterocycles. The Morgan fingerprint density at radius 2 is 1.75 bits per heavy atom. The van der Waals surface area contributed by atoms with Crippen LogP contribution in [0.5, 0.6) is 5.75 Å². The zero-order valence-electron chi connectivity index (χ0n) is 12.0. The quantitative estimate of drug-likeness (QED) is 0.630. The molecule has 1 saturated carbocycles. The molecule has 5 nitrogen and oxygen atoms in total. The van der Waals surface area contributed by atoms with Crippen molar-refractivity contribution in [1.29, 1.82) is 0 Å². The van der Waals surface area contributed by atoms with Gasteiger partial charge in [-0.05, 0) is 6.07 Å². The molecule has 1 aromatic carbocycles. The van der Waals surface area contributed by atoms with Gasteiger partial charge in [-0.1, -0.05) is 0 Å². The van der Waals surface area contributed by atoms with Crippen LogP contribution in [0.15, 0.2) is 18.2 Å². The van der Waals surface area contributed by atoms with Crippen molar-refractivity contribution >= 4 is 5.69 Å². The summed E-state index contributed by atoms with van der Waals surface area (Å²) in [5, 5.41) is 0. The number of methoxy groups -OCH3 is 2. The van der Waals surface area contributed by atoms with Gasteiger partial charge in [0.05, 0.1) is 19.3 Å². The molecule has 1 aliphatic carbocycles. The summed E-state index contributed by atoms with van der Waals surface area (Å²) in [5.41, 5.74) is 2.24. The zero-order chi connectivity index (χ0) is 14.5. The fourth-order valence-electron chi connectivity index (χ4n) is 2.52. The summed E-state index contributed by atoms with van der Waals surface area (Å²) >= 11 is 0. The van der Waals surface area contributed by atoms with E-state index in [0.717, 1.165) is 12.8 Å². The normalized spacial score (nSPS) is 25.9. The van der Waals surface area contributed by atoms with E-state index in [4.69, 9.17) is 19.0 Å². The standard InChI is InChI=1S/C14H20FNO4/c1-17-13-7-10(8-14(13)18-2)20-12-6-9(15)4-5-11(12)16-19-3/h4-6,10,13-14,16H,7-8H2,1-3H3/p+1. The molecular formula is C14H21FNO4+. The van der Waals surface area contributed by atoms with Crippen LogP contribution in [0.1, 0.15) is 12.8 Å². The molecule has 0 spiro atoms. The lowest BCUT2D eigenvalue weighted by Gasteiger charge is -2.14. The topological polar surface area (TPSA) is 53.5 Å². The first-order chi connectivity index (χ1) is 9.67. The van der Waals surface area contributed by atoms with E-state index in [9.17, 15) is 4.39 Å². The highest BCUT2D eigenvalue weighted by molar-refractivity contribution is 5.45. The molecule has 2 atom stereocenters. The Balaban J connectivity index is 2.08. The lowest BCUT2D eigenvalue weighted by molar-refractivity contribution is -0.830. The molecule has 0 heterocycles. The minimum atomic E-state index is -0.335. The summed E-state index contributed by atoms with van der Waals surface area (Å²) in [6.07, 6.45) is 1.40. The zero-order valence-corrected chi connectivity index (χ0v) is 12.0. The molecule has 6 heteroatoms. The Morgan fingerprint density at radius 1 is 1.10 bits per heavy atom. The highest BCUT2D eigenvalue weighted by Crippen LogP contribution is 2.31. The van der Waals surface area contributed by atoms with Crippen molar-refractivity contribution in [2.24, 2.45) is 0 Å². The molecule has 2 rings (SSSR count). The fraction of sp³-hybridized carbons (Fsp3) is 0.571. The minimum absolute atomic E-state index is 0.00779. The van der Waals surface area contributed by atoms with Gasteiger partial charge >= 0.3 is 0 Å². The van der Waals surface area contributed by atoms with E-state index in [1.165, 1.54) is 17.6 Å². The van der Waals surface area contributed by atoms with Gasteiger partial charge in [0.2, 0.25) is 5.69 Å². The lowest BCUT2D eigenvalue weighted by atomic mass is 10.2. The number of hydrogen-bond acceptors (Lipinski definition) is 4. The Kier molecular flexibility index (Phi) is 5.31. The molecule has 0 aromatic heterocycles. The van der Waals surface area contributed by atoms with E-state index < -0.39 is 0 Å². The Bertz CT molecular complexity index is 431. The lowest BCUT2D eigenvalue weighted by Crippen LogP contribution is -2.76. The van der Waals surface area contributed by atoms with Crippen molar-refractivity contribution < 1.29 is 28.9 Å². The average molecular weight is 286 g/mol. The number of quaternary nitrogens is 1. The summed E-state index contributed by atoms with van der Waals surface area (Å²) < 4.78 is 30.0. The third-order valence-electron chi connectivity index (χ3n) is 3.52. The van der Waals surface area contributed by atoms with E-state index in [1.54, 1.807) is 27.4 Å². The fourth-order valence-corrected chi connectivity index (χ4v) is 2.52. The molecule has 0 radical (unpaired) electrons. The van der Waals surface area contributed by atoms with Gasteiger partial charge in [0.1, 0.15) is 11.9 Å². The van der Waals surface area contributed by atoms with Crippen LogP contribution >= 0.6 is 0 Å². The molecule has 112 valence electrons. The van der Waals surface area contributed by atoms with Crippen LogP contribution in [-0.2, 0) is 14.3 Å². The smallest absolute Gasteiger partial charge is 0.204 e. The van der Waals surface area contributed by atoms with Crippen molar-refractivity contribution in [1.82, 2.24) is 0 Å². The van der Waals surface area contributed by atoms with Crippen LogP contribution in [-0.4, -0.2) is 39.6 Å². The average Bonchev–Trinajstić information content (AvgIpc) is 2.84. The van der Waals surface area contributed by atoms with Crippen LogP contribution in [0.2, 0.25) is 0 Å². The summed E-state index contributed by atoms with van der Waals surface area (Å²) in [6, 6.07) is 4.37. The number of ether oxygens (including phenoxy) is 3. The first kappa shape index (κ1) is 15.2. The predicted octanol–water partition coefficient (Wildman–Crippen LogP) is 1.15. The van der Waals surface area contributed by atoms with Crippen molar-refractivity contribution in [3.05, 3.63) is 24.0 Å². The number of hydrogen-bond donors (Lipinski definition) is 1. The molecule has 20 heavy (non-hydrogen) atoms. The van der Waals surface area contributed by atoms with E-state index in [0.29, 0.717) is 11.4 Å². The molecule has 2 unspecified atom stereocenters. The molecular weight excluding hydrogens is 265 g/mol. The van der Waals surface area contributed by atoms with E-state index in [1.807, 2.05) is 0 Å². The van der Waals surface area contributed by atoms with E-state index in [2.05, 4.69) is 0 Å². The SMILES string of the molecule is CO[NH2+]c1ccc(F)cc1OC1CC(OC)C(OC)C1. The number of nitrogens with two attached hydrogens (primary N) is 1. The molecule has 1 aliphatic rings. The van der Waals surface area contributed by atoms with Crippen LogP contribution in [0.4, 0.5) is 10.1 Å². The summed E-state index contributed by atoms with van der Waals surface area (Å²) in [7, 11) is 4.86. The third-order valence-corrected chi connectivity index (χ3v) is 3.52. The minimum Gasteiger partial charge on any atom is -0.484 e. The van der Waals surface area contributed by atoms with Gasteiger partial charge in [-0.3, -0.25) is 0 Å². The molecule has 1 fully saturated rings. The maximum absolute atomic E-state index is 13.4. The van der Waals surface area contributed by atoms with Crippen LogP contribution < -0.4 is 10.2 Å². The highest BCUT2D eigenvalue weighted by Gasteiger charge is 2.36. The highest BCUT2D eigenvalue weighted by atomic mass is 19.1. The van der Waals surface area contributed by atoms with Crippen molar-refractivity contribution in [2.75, 3.05) is 21.3 Å². The molecule has 0 amide bonds. The van der Waals surface area contributed by atoms with Crippen molar-refractivity contribution in [3.8, 4) is 5.75 Å². The van der Waals surface area contributed by atoms with Gasteiger partial charge in [0.15, 0.2) is 5.75 Å².